The smallest absolute Gasteiger partial charge is 0.269 e. The first-order valence-corrected chi connectivity index (χ1v) is 15.4. The third kappa shape index (κ3) is 12.4. The summed E-state index contributed by atoms with van der Waals surface area (Å²) in [5.74, 6) is -0.639. The van der Waals surface area contributed by atoms with Crippen molar-refractivity contribution < 1.29 is 24.7 Å². The van der Waals surface area contributed by atoms with E-state index in [-0.39, 0.29) is 24.4 Å². The molecule has 3 aromatic rings. The molecule has 3 rings (SSSR count). The summed E-state index contributed by atoms with van der Waals surface area (Å²) in [6.45, 7) is 3.49. The van der Waals surface area contributed by atoms with Crippen molar-refractivity contribution in [1.82, 2.24) is 15.1 Å². The molecule has 0 heterocycles. The van der Waals surface area contributed by atoms with Crippen LogP contribution < -0.4 is 11.1 Å². The van der Waals surface area contributed by atoms with Crippen LogP contribution in [0.4, 0.5) is 5.69 Å². The molecule has 5 N–H and O–H groups in total. The van der Waals surface area contributed by atoms with E-state index in [0.29, 0.717) is 31.6 Å². The highest BCUT2D eigenvalue weighted by Crippen LogP contribution is 2.21. The van der Waals surface area contributed by atoms with Crippen LogP contribution in [0.25, 0.3) is 0 Å². The fourth-order valence-corrected chi connectivity index (χ4v) is 5.09. The number of hydrogen-bond donors (Lipinski definition) is 4. The fraction of sp³-hybridized carbons (Fsp3) is 0.412. The number of carbonyl (C=O) groups is 2. The van der Waals surface area contributed by atoms with Gasteiger partial charge in [-0.25, -0.2) is 0 Å². The number of amides is 2. The minimum absolute atomic E-state index is 0.0175. The van der Waals surface area contributed by atoms with Gasteiger partial charge in [-0.1, -0.05) is 60.7 Å². The lowest BCUT2D eigenvalue weighted by atomic mass is 10.0. The number of nitrogens with one attached hydrogen (secondary N) is 1. The molecule has 0 bridgehead atoms. The summed E-state index contributed by atoms with van der Waals surface area (Å²) in [6.07, 6.45) is 0.946. The summed E-state index contributed by atoms with van der Waals surface area (Å²) in [5.41, 5.74) is 8.39. The summed E-state index contributed by atoms with van der Waals surface area (Å²) in [5, 5.41) is 33.8. The molecule has 242 valence electrons. The van der Waals surface area contributed by atoms with E-state index in [2.05, 4.69) is 34.5 Å². The molecule has 2 amide bonds. The molecule has 0 aromatic heterocycles. The molecule has 0 aliphatic heterocycles. The molecule has 45 heavy (non-hydrogen) atoms. The number of nitro groups is 1. The zero-order chi connectivity index (χ0) is 32.4. The first-order chi connectivity index (χ1) is 21.8. The molecule has 11 nitrogen and oxygen atoms in total. The Morgan fingerprint density at radius 3 is 1.91 bits per heavy atom. The number of nitrogens with zero attached hydrogens (tertiary/aromatic N) is 3. The Morgan fingerprint density at radius 1 is 0.822 bits per heavy atom. The van der Waals surface area contributed by atoms with Crippen molar-refractivity contribution in [1.29, 1.82) is 0 Å². The molecule has 11 heteroatoms. The molecule has 2 atom stereocenters. The number of carbonyl (C=O) groups excluding carboxylic acids is 2. The van der Waals surface area contributed by atoms with Crippen molar-refractivity contribution in [3.05, 3.63) is 112 Å². The standard InChI is InChI=1S/C34H45N5O6/c35-20-9-23-38(22-8-7-21-37(24-27-10-3-1-4-11-27)25-28-12-5-2-6-13-28)33(42)19-18-32(41)36-31(26-40)34(43)29-14-16-30(17-15-29)39(44)45/h1-6,10-17,31,34,40,43H,7-9,18-26,35H2,(H,36,41)/t31-,34-/m1/s1. The number of nitrogens with two attached hydrogens (primary N) is 1. The van der Waals surface area contributed by atoms with E-state index < -0.39 is 29.6 Å². The molecule has 3 aromatic carbocycles. The number of hydrogen-bond acceptors (Lipinski definition) is 8. The van der Waals surface area contributed by atoms with Crippen molar-refractivity contribution in [2.75, 3.05) is 32.8 Å². The SMILES string of the molecule is NCCCN(CCCCN(Cc1ccccc1)Cc1ccccc1)C(=O)CCC(=O)N[C@H](CO)[C@H](O)c1ccc([N+](=O)[O-])cc1. The van der Waals surface area contributed by atoms with Crippen LogP contribution in [0.2, 0.25) is 0 Å². The molecule has 0 unspecified atom stereocenters. The number of unbranched alkanes of at least 4 members (excludes halogenated alkanes) is 1. The number of non-ortho nitro benzene ring substituents is 1. The maximum atomic E-state index is 13.1. The van der Waals surface area contributed by atoms with E-state index in [1.54, 1.807) is 4.90 Å². The monoisotopic (exact) mass is 619 g/mol. The van der Waals surface area contributed by atoms with Crippen molar-refractivity contribution in [2.24, 2.45) is 5.73 Å². The summed E-state index contributed by atoms with van der Waals surface area (Å²) in [6, 6.07) is 24.9. The lowest BCUT2D eigenvalue weighted by molar-refractivity contribution is -0.384. The highest BCUT2D eigenvalue weighted by atomic mass is 16.6. The summed E-state index contributed by atoms with van der Waals surface area (Å²) in [4.78, 5) is 40.2. The second-order valence-corrected chi connectivity index (χ2v) is 11.1. The predicted octanol–water partition coefficient (Wildman–Crippen LogP) is 3.55. The van der Waals surface area contributed by atoms with E-state index in [9.17, 15) is 29.9 Å². The van der Waals surface area contributed by atoms with Crippen molar-refractivity contribution in [3.63, 3.8) is 0 Å². The quantitative estimate of drug-likeness (QED) is 0.0848. The first kappa shape index (κ1) is 35.3. The van der Waals surface area contributed by atoms with E-state index in [0.717, 1.165) is 32.5 Å². The van der Waals surface area contributed by atoms with Crippen LogP contribution in [0, 0.1) is 10.1 Å². The Morgan fingerprint density at radius 2 is 1.38 bits per heavy atom. The molecule has 0 saturated carbocycles. The fourth-order valence-electron chi connectivity index (χ4n) is 5.09. The third-order valence-corrected chi connectivity index (χ3v) is 7.57. The van der Waals surface area contributed by atoms with Crippen LogP contribution in [0.15, 0.2) is 84.9 Å². The predicted molar refractivity (Wildman–Crippen MR) is 173 cm³/mol. The minimum atomic E-state index is -1.28. The molecule has 0 aliphatic rings. The lowest BCUT2D eigenvalue weighted by Gasteiger charge is -2.25. The largest absolute Gasteiger partial charge is 0.394 e. The maximum absolute atomic E-state index is 13.1. The van der Waals surface area contributed by atoms with Gasteiger partial charge in [-0.15, -0.1) is 0 Å². The Labute approximate surface area is 264 Å². The van der Waals surface area contributed by atoms with Gasteiger partial charge in [-0.3, -0.25) is 24.6 Å². The van der Waals surface area contributed by atoms with Crippen molar-refractivity contribution in [3.8, 4) is 0 Å². The van der Waals surface area contributed by atoms with Gasteiger partial charge in [-0.2, -0.15) is 0 Å². The van der Waals surface area contributed by atoms with Crippen molar-refractivity contribution in [2.45, 2.75) is 57.3 Å². The highest BCUT2D eigenvalue weighted by Gasteiger charge is 2.24. The lowest BCUT2D eigenvalue weighted by Crippen LogP contribution is -2.42. The van der Waals surface area contributed by atoms with Gasteiger partial charge >= 0.3 is 0 Å². The van der Waals surface area contributed by atoms with E-state index in [1.165, 1.54) is 35.4 Å². The third-order valence-electron chi connectivity index (χ3n) is 7.57. The van der Waals surface area contributed by atoms with Gasteiger partial charge in [0.25, 0.3) is 5.69 Å². The Hall–Kier alpha value is -4.16. The molecule has 0 aliphatic carbocycles. The van der Waals surface area contributed by atoms with Gasteiger partial charge in [0.1, 0.15) is 6.10 Å². The van der Waals surface area contributed by atoms with Gasteiger partial charge in [0.2, 0.25) is 11.8 Å². The van der Waals surface area contributed by atoms with Crippen LogP contribution in [-0.2, 0) is 22.7 Å². The number of rotatable bonds is 20. The van der Waals surface area contributed by atoms with E-state index in [1.807, 2.05) is 36.4 Å². The first-order valence-electron chi connectivity index (χ1n) is 15.4. The molecule has 0 spiro atoms. The number of benzene rings is 3. The zero-order valence-corrected chi connectivity index (χ0v) is 25.7. The average Bonchev–Trinajstić information content (AvgIpc) is 3.06. The normalized spacial score (nSPS) is 12.4. The van der Waals surface area contributed by atoms with Gasteiger partial charge in [0.15, 0.2) is 0 Å². The van der Waals surface area contributed by atoms with Crippen LogP contribution >= 0.6 is 0 Å². The van der Waals surface area contributed by atoms with E-state index in [4.69, 9.17) is 5.73 Å². The second-order valence-electron chi connectivity index (χ2n) is 11.1. The number of nitro benzene ring substituents is 1. The minimum Gasteiger partial charge on any atom is -0.394 e. The summed E-state index contributed by atoms with van der Waals surface area (Å²) < 4.78 is 0. The Balaban J connectivity index is 1.49. The molecule has 0 radical (unpaired) electrons. The maximum Gasteiger partial charge on any atom is 0.269 e. The van der Waals surface area contributed by atoms with Gasteiger partial charge in [-0.05, 0) is 61.2 Å². The van der Waals surface area contributed by atoms with Gasteiger partial charge < -0.3 is 26.2 Å². The van der Waals surface area contributed by atoms with Crippen molar-refractivity contribution >= 4 is 17.5 Å². The average molecular weight is 620 g/mol. The summed E-state index contributed by atoms with van der Waals surface area (Å²) >= 11 is 0. The topological polar surface area (TPSA) is 162 Å². The van der Waals surface area contributed by atoms with E-state index >= 15 is 0 Å². The second kappa shape index (κ2) is 19.3. The highest BCUT2D eigenvalue weighted by molar-refractivity contribution is 5.84. The summed E-state index contributed by atoms with van der Waals surface area (Å²) in [7, 11) is 0. The molecular formula is C34H45N5O6. The van der Waals surface area contributed by atoms with Crippen LogP contribution in [0.1, 0.15) is 54.9 Å². The van der Waals surface area contributed by atoms with Crippen LogP contribution in [0.5, 0.6) is 0 Å². The van der Waals surface area contributed by atoms with Crippen LogP contribution in [-0.4, -0.2) is 75.6 Å². The molecule has 0 saturated heterocycles. The zero-order valence-electron chi connectivity index (χ0n) is 25.7. The Kier molecular flexibility index (Phi) is 15.1. The molecular weight excluding hydrogens is 574 g/mol. The Bertz CT molecular complexity index is 1270. The number of aliphatic hydroxyl groups excluding tert-OH is 2. The van der Waals surface area contributed by atoms with Gasteiger partial charge in [0.05, 0.1) is 17.6 Å². The van der Waals surface area contributed by atoms with Crippen LogP contribution in [0.3, 0.4) is 0 Å². The number of aliphatic hydroxyl groups is 2. The van der Waals surface area contributed by atoms with Gasteiger partial charge in [0, 0.05) is 51.2 Å². The molecule has 0 fully saturated rings.